The first-order valence-electron chi connectivity index (χ1n) is 10.2. The number of para-hydroxylation sites is 1. The van der Waals surface area contributed by atoms with Gasteiger partial charge in [0.1, 0.15) is 0 Å². The minimum absolute atomic E-state index is 0.227. The minimum Gasteiger partial charge on any atom is -0.376 e. The van der Waals surface area contributed by atoms with E-state index < -0.39 is 0 Å². The van der Waals surface area contributed by atoms with E-state index in [1.165, 1.54) is 15.8 Å². The van der Waals surface area contributed by atoms with Crippen molar-refractivity contribution in [1.29, 1.82) is 0 Å². The number of H-pyrrole nitrogens is 1. The highest BCUT2D eigenvalue weighted by molar-refractivity contribution is 7.98. The third kappa shape index (κ3) is 4.02. The van der Waals surface area contributed by atoms with Crippen LogP contribution in [0.3, 0.4) is 0 Å². The van der Waals surface area contributed by atoms with Crippen LogP contribution in [0.1, 0.15) is 18.4 Å². The van der Waals surface area contributed by atoms with Crippen LogP contribution in [0.25, 0.3) is 22.3 Å². The number of benzene rings is 2. The van der Waals surface area contributed by atoms with Crippen molar-refractivity contribution in [3.05, 3.63) is 60.3 Å². The molecule has 154 valence electrons. The Morgan fingerprint density at radius 3 is 2.80 bits per heavy atom. The van der Waals surface area contributed by atoms with Crippen LogP contribution >= 0.6 is 23.5 Å². The molecule has 1 N–H and O–H groups in total. The molecule has 1 atom stereocenters. The Morgan fingerprint density at radius 2 is 2.00 bits per heavy atom. The van der Waals surface area contributed by atoms with Crippen LogP contribution < -0.4 is 0 Å². The number of aromatic nitrogens is 4. The van der Waals surface area contributed by atoms with Gasteiger partial charge in [0.2, 0.25) is 0 Å². The van der Waals surface area contributed by atoms with E-state index in [1.807, 2.05) is 12.3 Å². The molecule has 0 spiro atoms. The van der Waals surface area contributed by atoms with Crippen LogP contribution in [-0.2, 0) is 17.0 Å². The Kier molecular flexibility index (Phi) is 5.84. The summed E-state index contributed by atoms with van der Waals surface area (Å²) in [7, 11) is 0. The molecule has 0 saturated carbocycles. The Bertz CT molecular complexity index is 1130. The average molecular weight is 437 g/mol. The van der Waals surface area contributed by atoms with Gasteiger partial charge in [0.05, 0.1) is 12.6 Å². The van der Waals surface area contributed by atoms with Gasteiger partial charge in [-0.15, -0.1) is 22.0 Å². The van der Waals surface area contributed by atoms with E-state index in [1.54, 1.807) is 23.5 Å². The van der Waals surface area contributed by atoms with Gasteiger partial charge < -0.3 is 9.72 Å². The van der Waals surface area contributed by atoms with E-state index in [4.69, 9.17) is 4.74 Å². The maximum atomic E-state index is 5.93. The summed E-state index contributed by atoms with van der Waals surface area (Å²) in [6, 6.07) is 17.1. The Labute approximate surface area is 184 Å². The fraction of sp³-hybridized carbons (Fsp3) is 0.304. The summed E-state index contributed by atoms with van der Waals surface area (Å²) in [4.78, 5) is 4.65. The van der Waals surface area contributed by atoms with Gasteiger partial charge in [0.25, 0.3) is 0 Å². The second kappa shape index (κ2) is 8.88. The Hall–Kier alpha value is -2.22. The number of aromatic amines is 1. The highest BCUT2D eigenvalue weighted by Gasteiger charge is 2.23. The normalized spacial score (nSPS) is 16.5. The van der Waals surface area contributed by atoms with Gasteiger partial charge in [-0.3, -0.25) is 4.57 Å². The van der Waals surface area contributed by atoms with Gasteiger partial charge in [0.15, 0.2) is 11.0 Å². The van der Waals surface area contributed by atoms with Crippen LogP contribution in [0.4, 0.5) is 0 Å². The predicted octanol–water partition coefficient (Wildman–Crippen LogP) is 5.62. The standard InChI is InChI=1S/C23H24N4OS2/c1-29-18-10-8-16(9-11-18)15-30-23-26-25-22(27(23)14-17-5-4-12-28-17)20-13-24-21-7-3-2-6-19(20)21/h2-3,6-11,13,17,24H,4-5,12,14-15H2,1H3. The summed E-state index contributed by atoms with van der Waals surface area (Å²) in [6.07, 6.45) is 6.58. The zero-order chi connectivity index (χ0) is 20.3. The number of nitrogens with zero attached hydrogens (tertiary/aromatic N) is 3. The summed E-state index contributed by atoms with van der Waals surface area (Å²) in [6.45, 7) is 1.63. The van der Waals surface area contributed by atoms with Gasteiger partial charge in [-0.1, -0.05) is 42.1 Å². The van der Waals surface area contributed by atoms with E-state index in [0.29, 0.717) is 0 Å². The molecule has 1 aliphatic heterocycles. The molecule has 2 aromatic carbocycles. The zero-order valence-corrected chi connectivity index (χ0v) is 18.5. The lowest BCUT2D eigenvalue weighted by Gasteiger charge is -2.14. The third-order valence-corrected chi connectivity index (χ3v) is 7.27. The van der Waals surface area contributed by atoms with Crippen molar-refractivity contribution in [2.24, 2.45) is 0 Å². The summed E-state index contributed by atoms with van der Waals surface area (Å²) < 4.78 is 8.18. The first-order chi connectivity index (χ1) is 14.8. The first-order valence-corrected chi connectivity index (χ1v) is 12.4. The van der Waals surface area contributed by atoms with Crippen molar-refractivity contribution < 1.29 is 4.74 Å². The molecule has 30 heavy (non-hydrogen) atoms. The lowest BCUT2D eigenvalue weighted by atomic mass is 10.1. The van der Waals surface area contributed by atoms with E-state index >= 15 is 0 Å². The maximum Gasteiger partial charge on any atom is 0.191 e. The fourth-order valence-corrected chi connectivity index (χ4v) is 5.19. The van der Waals surface area contributed by atoms with E-state index in [0.717, 1.165) is 53.8 Å². The fourth-order valence-electron chi connectivity index (χ4n) is 3.88. The van der Waals surface area contributed by atoms with Crippen LogP contribution in [0.2, 0.25) is 0 Å². The largest absolute Gasteiger partial charge is 0.376 e. The Morgan fingerprint density at radius 1 is 1.13 bits per heavy atom. The van der Waals surface area contributed by atoms with E-state index in [-0.39, 0.29) is 6.10 Å². The molecule has 0 amide bonds. The monoisotopic (exact) mass is 436 g/mol. The molecule has 0 radical (unpaired) electrons. The summed E-state index contributed by atoms with van der Waals surface area (Å²) >= 11 is 3.50. The lowest BCUT2D eigenvalue weighted by Crippen LogP contribution is -2.16. The molecular weight excluding hydrogens is 412 g/mol. The molecule has 1 aliphatic rings. The van der Waals surface area contributed by atoms with Crippen molar-refractivity contribution in [3.63, 3.8) is 0 Å². The number of fused-ring (bicyclic) bond motifs is 1. The molecule has 0 aliphatic carbocycles. The van der Waals surface area contributed by atoms with Gasteiger partial charge >= 0.3 is 0 Å². The summed E-state index contributed by atoms with van der Waals surface area (Å²) in [5.74, 6) is 1.77. The number of rotatable bonds is 7. The second-order valence-corrected chi connectivity index (χ2v) is 9.26. The van der Waals surface area contributed by atoms with Crippen LogP contribution in [0.5, 0.6) is 0 Å². The Balaban J connectivity index is 1.45. The molecule has 4 aromatic rings. The number of nitrogens with one attached hydrogen (secondary N) is 1. The van der Waals surface area contributed by atoms with Crippen molar-refractivity contribution in [2.75, 3.05) is 12.9 Å². The molecule has 5 nitrogen and oxygen atoms in total. The zero-order valence-electron chi connectivity index (χ0n) is 16.9. The summed E-state index contributed by atoms with van der Waals surface area (Å²) in [5.41, 5.74) is 3.49. The van der Waals surface area contributed by atoms with Crippen molar-refractivity contribution in [2.45, 2.75) is 41.3 Å². The first kappa shape index (κ1) is 19.7. The van der Waals surface area contributed by atoms with Crippen molar-refractivity contribution in [1.82, 2.24) is 19.7 Å². The molecular formula is C23H24N4OS2. The highest BCUT2D eigenvalue weighted by Crippen LogP contribution is 2.32. The molecule has 7 heteroatoms. The number of hydrogen-bond donors (Lipinski definition) is 1. The van der Waals surface area contributed by atoms with Crippen molar-refractivity contribution >= 4 is 34.4 Å². The topological polar surface area (TPSA) is 55.7 Å². The third-order valence-electron chi connectivity index (χ3n) is 5.48. The van der Waals surface area contributed by atoms with Gasteiger partial charge in [-0.25, -0.2) is 0 Å². The molecule has 2 aromatic heterocycles. The van der Waals surface area contributed by atoms with Gasteiger partial charge in [0, 0.05) is 39.9 Å². The van der Waals surface area contributed by atoms with Crippen LogP contribution in [0, 0.1) is 0 Å². The minimum atomic E-state index is 0.227. The lowest BCUT2D eigenvalue weighted by molar-refractivity contribution is 0.0953. The quantitative estimate of drug-likeness (QED) is 0.381. The predicted molar refractivity (Wildman–Crippen MR) is 124 cm³/mol. The molecule has 0 bridgehead atoms. The van der Waals surface area contributed by atoms with Crippen LogP contribution in [-0.4, -0.2) is 38.7 Å². The molecule has 5 rings (SSSR count). The number of ether oxygens (including phenoxy) is 1. The highest BCUT2D eigenvalue weighted by atomic mass is 32.2. The van der Waals surface area contributed by atoms with E-state index in [9.17, 15) is 0 Å². The number of hydrogen-bond acceptors (Lipinski definition) is 5. The molecule has 3 heterocycles. The molecule has 1 unspecified atom stereocenters. The van der Waals surface area contributed by atoms with Crippen LogP contribution in [0.15, 0.2) is 64.8 Å². The van der Waals surface area contributed by atoms with Gasteiger partial charge in [-0.2, -0.15) is 0 Å². The summed E-state index contributed by atoms with van der Waals surface area (Å²) in [5, 5.41) is 11.3. The van der Waals surface area contributed by atoms with Crippen molar-refractivity contribution in [3.8, 4) is 11.4 Å². The average Bonchev–Trinajstić information content (AvgIpc) is 3.53. The molecule has 1 fully saturated rings. The smallest absolute Gasteiger partial charge is 0.191 e. The van der Waals surface area contributed by atoms with E-state index in [2.05, 4.69) is 68.5 Å². The number of thioether (sulfide) groups is 2. The van der Waals surface area contributed by atoms with Gasteiger partial charge in [-0.05, 0) is 42.9 Å². The SMILES string of the molecule is CSc1ccc(CSc2nnc(-c3c[nH]c4ccccc34)n2CC2CCCO2)cc1. The second-order valence-electron chi connectivity index (χ2n) is 7.44. The maximum absolute atomic E-state index is 5.93. The molecule has 1 saturated heterocycles.